The van der Waals surface area contributed by atoms with Gasteiger partial charge in [-0.2, -0.15) is 0 Å². The minimum atomic E-state index is -0.993. The summed E-state index contributed by atoms with van der Waals surface area (Å²) in [7, 11) is 0. The fourth-order valence-corrected chi connectivity index (χ4v) is 4.19. The van der Waals surface area contributed by atoms with Crippen LogP contribution in [0.4, 0.5) is 4.39 Å². The van der Waals surface area contributed by atoms with Crippen molar-refractivity contribution in [2.75, 3.05) is 0 Å². The second kappa shape index (κ2) is 10.6. The van der Waals surface area contributed by atoms with Gasteiger partial charge in [-0.15, -0.1) is 0 Å². The van der Waals surface area contributed by atoms with Gasteiger partial charge in [-0.05, 0) is 67.5 Å². The first-order chi connectivity index (χ1) is 16.0. The van der Waals surface area contributed by atoms with Gasteiger partial charge in [0.15, 0.2) is 0 Å². The lowest BCUT2D eigenvalue weighted by Gasteiger charge is -2.36. The van der Waals surface area contributed by atoms with E-state index in [1.807, 2.05) is 42.5 Å². The maximum absolute atomic E-state index is 13.0. The molecule has 0 unspecified atom stereocenters. The van der Waals surface area contributed by atoms with E-state index >= 15 is 0 Å². The van der Waals surface area contributed by atoms with Crippen LogP contribution in [0, 0.1) is 5.82 Å². The number of hydrogen-bond donors (Lipinski definition) is 2. The number of pyridine rings is 1. The summed E-state index contributed by atoms with van der Waals surface area (Å²) < 4.78 is 18.8. The highest BCUT2D eigenvalue weighted by atomic mass is 19.1. The first-order valence-corrected chi connectivity index (χ1v) is 11.4. The monoisotopic (exact) mass is 448 g/mol. The van der Waals surface area contributed by atoms with Gasteiger partial charge in [-0.3, -0.25) is 9.78 Å². The number of rotatable bonds is 8. The second-order valence-electron chi connectivity index (χ2n) is 8.65. The van der Waals surface area contributed by atoms with Crippen LogP contribution in [0.3, 0.4) is 0 Å². The van der Waals surface area contributed by atoms with Crippen molar-refractivity contribution in [2.24, 2.45) is 0 Å². The maximum atomic E-state index is 13.0. The number of benzene rings is 2. The fourth-order valence-electron chi connectivity index (χ4n) is 4.19. The van der Waals surface area contributed by atoms with Crippen LogP contribution in [0.1, 0.15) is 48.9 Å². The molecule has 5 nitrogen and oxygen atoms in total. The van der Waals surface area contributed by atoms with E-state index in [2.05, 4.69) is 10.3 Å². The summed E-state index contributed by atoms with van der Waals surface area (Å²) >= 11 is 0. The van der Waals surface area contributed by atoms with E-state index in [0.29, 0.717) is 56.6 Å². The topological polar surface area (TPSA) is 71.5 Å². The molecule has 2 aromatic carbocycles. The highest BCUT2D eigenvalue weighted by Gasteiger charge is 2.36. The normalized spacial score (nSPS) is 20.2. The minimum Gasteiger partial charge on any atom is -0.487 e. The Kier molecular flexibility index (Phi) is 7.35. The van der Waals surface area contributed by atoms with Gasteiger partial charge in [0.2, 0.25) is 5.91 Å². The molecule has 6 heteroatoms. The van der Waals surface area contributed by atoms with Gasteiger partial charge in [-0.25, -0.2) is 4.39 Å². The summed E-state index contributed by atoms with van der Waals surface area (Å²) in [6.07, 6.45) is 5.03. The number of carbonyl (C=O) groups is 1. The fraction of sp³-hybridized carbons (Fsp3) is 0.333. The Hall–Kier alpha value is -3.25. The molecule has 1 fully saturated rings. The molecule has 3 aromatic rings. The summed E-state index contributed by atoms with van der Waals surface area (Å²) in [6, 6.07) is 19.8. The quantitative estimate of drug-likeness (QED) is 0.525. The van der Waals surface area contributed by atoms with Crippen LogP contribution in [0.2, 0.25) is 0 Å². The number of aryl methyl sites for hydroxylation is 1. The highest BCUT2D eigenvalue weighted by molar-refractivity contribution is 5.76. The van der Waals surface area contributed by atoms with Gasteiger partial charge < -0.3 is 15.2 Å². The lowest BCUT2D eigenvalue weighted by molar-refractivity contribution is -0.122. The van der Waals surface area contributed by atoms with Gasteiger partial charge in [0.1, 0.15) is 23.8 Å². The van der Waals surface area contributed by atoms with E-state index in [0.717, 1.165) is 11.1 Å². The van der Waals surface area contributed by atoms with Crippen molar-refractivity contribution in [3.63, 3.8) is 0 Å². The number of halogens is 1. The van der Waals surface area contributed by atoms with Crippen molar-refractivity contribution in [3.8, 4) is 5.75 Å². The lowest BCUT2D eigenvalue weighted by Crippen LogP contribution is -2.42. The predicted octanol–water partition coefficient (Wildman–Crippen LogP) is 4.68. The van der Waals surface area contributed by atoms with E-state index in [1.54, 1.807) is 18.3 Å². The van der Waals surface area contributed by atoms with Crippen molar-refractivity contribution < 1.29 is 19.0 Å². The van der Waals surface area contributed by atoms with Crippen LogP contribution in [0.15, 0.2) is 72.9 Å². The second-order valence-corrected chi connectivity index (χ2v) is 8.65. The first-order valence-electron chi connectivity index (χ1n) is 11.4. The van der Waals surface area contributed by atoms with Crippen LogP contribution >= 0.6 is 0 Å². The first kappa shape index (κ1) is 22.9. The van der Waals surface area contributed by atoms with Crippen molar-refractivity contribution in [2.45, 2.75) is 56.8 Å². The summed E-state index contributed by atoms with van der Waals surface area (Å²) in [6.45, 7) is 0.467. The van der Waals surface area contributed by atoms with Crippen molar-refractivity contribution in [3.05, 3.63) is 95.6 Å². The highest BCUT2D eigenvalue weighted by Crippen LogP contribution is 2.36. The molecule has 1 saturated carbocycles. The number of ether oxygens (including phenoxy) is 1. The summed E-state index contributed by atoms with van der Waals surface area (Å²) in [4.78, 5) is 16.8. The molecule has 0 saturated heterocycles. The van der Waals surface area contributed by atoms with E-state index in [-0.39, 0.29) is 17.8 Å². The van der Waals surface area contributed by atoms with E-state index in [9.17, 15) is 14.3 Å². The van der Waals surface area contributed by atoms with Crippen LogP contribution in [0.25, 0.3) is 0 Å². The van der Waals surface area contributed by atoms with Gasteiger partial charge in [-0.1, -0.05) is 42.5 Å². The van der Waals surface area contributed by atoms with Crippen LogP contribution in [-0.2, 0) is 23.4 Å². The molecule has 0 aliphatic heterocycles. The average molecular weight is 449 g/mol. The smallest absolute Gasteiger partial charge is 0.220 e. The molecular weight excluding hydrogens is 419 g/mol. The molecule has 1 amide bonds. The van der Waals surface area contributed by atoms with Gasteiger partial charge >= 0.3 is 0 Å². The van der Waals surface area contributed by atoms with Gasteiger partial charge in [0.05, 0.1) is 11.9 Å². The SMILES string of the molecule is O=C(CCc1ccc(F)cc1)N[C@H]1CC[C@](O)(c2ccc(OCc3ccccc3)cn2)CC1. The van der Waals surface area contributed by atoms with E-state index in [1.165, 1.54) is 12.1 Å². The molecule has 33 heavy (non-hydrogen) atoms. The predicted molar refractivity (Wildman–Crippen MR) is 124 cm³/mol. The Balaban J connectivity index is 1.23. The zero-order chi connectivity index (χ0) is 23.1. The van der Waals surface area contributed by atoms with E-state index < -0.39 is 5.60 Å². The third-order valence-corrected chi connectivity index (χ3v) is 6.19. The number of amides is 1. The third kappa shape index (κ3) is 6.39. The number of carbonyl (C=O) groups excluding carboxylic acids is 1. The van der Waals surface area contributed by atoms with Crippen LogP contribution < -0.4 is 10.1 Å². The Labute approximate surface area is 193 Å². The number of aliphatic hydroxyl groups is 1. The molecule has 2 N–H and O–H groups in total. The summed E-state index contributed by atoms with van der Waals surface area (Å²) in [5.41, 5.74) is 1.66. The molecule has 1 heterocycles. The molecule has 1 aliphatic carbocycles. The summed E-state index contributed by atoms with van der Waals surface area (Å²) in [5, 5.41) is 14.2. The standard InChI is InChI=1S/C27H29FN2O3/c28-22-9-6-20(7-10-22)8-13-26(31)30-23-14-16-27(32,17-15-23)25-12-11-24(18-29-25)33-19-21-4-2-1-3-5-21/h1-7,9-12,18,23,32H,8,13-17,19H2,(H,30,31)/t23-,27+. The van der Waals surface area contributed by atoms with Gasteiger partial charge in [0, 0.05) is 12.5 Å². The zero-order valence-electron chi connectivity index (χ0n) is 18.5. The van der Waals surface area contributed by atoms with Gasteiger partial charge in [0.25, 0.3) is 0 Å². The third-order valence-electron chi connectivity index (χ3n) is 6.19. The molecule has 1 aromatic heterocycles. The molecule has 0 radical (unpaired) electrons. The number of aromatic nitrogens is 1. The number of hydrogen-bond acceptors (Lipinski definition) is 4. The number of nitrogens with one attached hydrogen (secondary N) is 1. The Morgan fingerprint density at radius 3 is 2.42 bits per heavy atom. The summed E-state index contributed by atoms with van der Waals surface area (Å²) in [5.74, 6) is 0.364. The zero-order valence-corrected chi connectivity index (χ0v) is 18.5. The lowest BCUT2D eigenvalue weighted by atomic mass is 9.80. The maximum Gasteiger partial charge on any atom is 0.220 e. The number of nitrogens with zero attached hydrogens (tertiary/aromatic N) is 1. The molecular formula is C27H29FN2O3. The van der Waals surface area contributed by atoms with Crippen LogP contribution in [-0.4, -0.2) is 22.0 Å². The van der Waals surface area contributed by atoms with E-state index in [4.69, 9.17) is 4.74 Å². The average Bonchev–Trinajstić information content (AvgIpc) is 2.85. The van der Waals surface area contributed by atoms with Crippen molar-refractivity contribution >= 4 is 5.91 Å². The molecule has 0 atom stereocenters. The molecule has 4 rings (SSSR count). The van der Waals surface area contributed by atoms with Crippen molar-refractivity contribution in [1.29, 1.82) is 0 Å². The Morgan fingerprint density at radius 2 is 1.76 bits per heavy atom. The Bertz CT molecular complexity index is 1030. The van der Waals surface area contributed by atoms with Crippen molar-refractivity contribution in [1.82, 2.24) is 10.3 Å². The molecule has 0 bridgehead atoms. The molecule has 0 spiro atoms. The molecule has 1 aliphatic rings. The molecule has 172 valence electrons. The Morgan fingerprint density at radius 1 is 1.03 bits per heavy atom. The minimum absolute atomic E-state index is 0.0205. The largest absolute Gasteiger partial charge is 0.487 e. The van der Waals surface area contributed by atoms with Crippen LogP contribution in [0.5, 0.6) is 5.75 Å².